The van der Waals surface area contributed by atoms with Crippen molar-refractivity contribution in [3.8, 4) is 5.75 Å². The molecule has 0 bridgehead atoms. The van der Waals surface area contributed by atoms with Gasteiger partial charge in [0.25, 0.3) is 11.8 Å². The molecule has 0 aliphatic rings. The van der Waals surface area contributed by atoms with Gasteiger partial charge >= 0.3 is 0 Å². The summed E-state index contributed by atoms with van der Waals surface area (Å²) < 4.78 is 18.4. The zero-order chi connectivity index (χ0) is 22.2. The van der Waals surface area contributed by atoms with Crippen LogP contribution in [-0.4, -0.2) is 24.1 Å². The van der Waals surface area contributed by atoms with E-state index in [0.29, 0.717) is 28.0 Å². The molecule has 2 amide bonds. The fourth-order valence-electron chi connectivity index (χ4n) is 2.89. The van der Waals surface area contributed by atoms with E-state index in [0.717, 1.165) is 5.56 Å². The summed E-state index contributed by atoms with van der Waals surface area (Å²) in [4.78, 5) is 24.4. The number of benzene rings is 3. The maximum absolute atomic E-state index is 13.2. The largest absolute Gasteiger partial charge is 0.497 e. The summed E-state index contributed by atoms with van der Waals surface area (Å²) in [5.74, 6) is -0.616. The molecule has 0 unspecified atom stereocenters. The Hall–Kier alpha value is -3.97. The molecule has 3 N–H and O–H groups in total. The van der Waals surface area contributed by atoms with Crippen LogP contribution >= 0.6 is 0 Å². The van der Waals surface area contributed by atoms with Crippen LogP contribution in [0.5, 0.6) is 5.75 Å². The van der Waals surface area contributed by atoms with Gasteiger partial charge in [-0.05, 0) is 59.2 Å². The summed E-state index contributed by atoms with van der Waals surface area (Å²) in [6, 6.07) is 19.4. The summed E-state index contributed by atoms with van der Waals surface area (Å²) in [5, 5.41) is 11.5. The Morgan fingerprint density at radius 1 is 0.935 bits per heavy atom. The van der Waals surface area contributed by atoms with Crippen molar-refractivity contribution in [1.29, 1.82) is 0 Å². The van der Waals surface area contributed by atoms with Crippen molar-refractivity contribution in [2.45, 2.75) is 6.54 Å². The number of halogens is 1. The zero-order valence-corrected chi connectivity index (χ0v) is 16.8. The fourth-order valence-corrected chi connectivity index (χ4v) is 2.89. The second kappa shape index (κ2) is 10.2. The predicted octanol–water partition coefficient (Wildman–Crippen LogP) is 3.81. The van der Waals surface area contributed by atoms with Gasteiger partial charge in [0.05, 0.1) is 7.11 Å². The highest BCUT2D eigenvalue weighted by Gasteiger charge is 2.13. The standard InChI is InChI=1S/C24H21FN2O4/c1-31-21-12-8-18(9-13-21)22(14-16-4-10-20(25)11-5-16)24(29)26-15-17-2-6-19(7-3-17)23(28)27-30/h2-14,30H,15H2,1H3,(H,26,29)(H,27,28)/b22-14+. The Labute approximate surface area is 178 Å². The highest BCUT2D eigenvalue weighted by atomic mass is 19.1. The number of carbonyl (C=O) groups excluding carboxylic acids is 2. The van der Waals surface area contributed by atoms with Crippen LogP contribution in [0.2, 0.25) is 0 Å². The predicted molar refractivity (Wildman–Crippen MR) is 115 cm³/mol. The Kier molecular flexibility index (Phi) is 7.13. The molecule has 0 radical (unpaired) electrons. The van der Waals surface area contributed by atoms with Crippen LogP contribution in [0.4, 0.5) is 4.39 Å². The minimum atomic E-state index is -0.611. The van der Waals surface area contributed by atoms with Gasteiger partial charge in [-0.2, -0.15) is 0 Å². The molecule has 0 heterocycles. The van der Waals surface area contributed by atoms with E-state index in [4.69, 9.17) is 9.94 Å². The van der Waals surface area contributed by atoms with E-state index in [9.17, 15) is 14.0 Å². The van der Waals surface area contributed by atoms with E-state index in [1.807, 2.05) is 0 Å². The highest BCUT2D eigenvalue weighted by molar-refractivity contribution is 6.24. The van der Waals surface area contributed by atoms with Gasteiger partial charge in [-0.1, -0.05) is 36.4 Å². The van der Waals surface area contributed by atoms with Gasteiger partial charge in [-0.15, -0.1) is 0 Å². The average Bonchev–Trinajstić information content (AvgIpc) is 2.82. The number of hydrogen-bond donors (Lipinski definition) is 3. The van der Waals surface area contributed by atoms with Crippen molar-refractivity contribution in [2.75, 3.05) is 7.11 Å². The van der Waals surface area contributed by atoms with Gasteiger partial charge < -0.3 is 10.1 Å². The number of methoxy groups -OCH3 is 1. The Balaban J connectivity index is 1.81. The Morgan fingerprint density at radius 3 is 2.13 bits per heavy atom. The lowest BCUT2D eigenvalue weighted by Gasteiger charge is -2.11. The van der Waals surface area contributed by atoms with E-state index >= 15 is 0 Å². The van der Waals surface area contributed by atoms with Gasteiger partial charge in [0, 0.05) is 17.7 Å². The average molecular weight is 420 g/mol. The van der Waals surface area contributed by atoms with E-state index in [1.165, 1.54) is 12.1 Å². The van der Waals surface area contributed by atoms with Crippen molar-refractivity contribution in [2.24, 2.45) is 0 Å². The second-order valence-corrected chi connectivity index (χ2v) is 6.66. The topological polar surface area (TPSA) is 87.7 Å². The molecular formula is C24H21FN2O4. The lowest BCUT2D eigenvalue weighted by Crippen LogP contribution is -2.24. The lowest BCUT2D eigenvalue weighted by atomic mass is 10.0. The number of amides is 2. The van der Waals surface area contributed by atoms with Crippen molar-refractivity contribution in [3.63, 3.8) is 0 Å². The molecule has 3 aromatic rings. The molecule has 0 fully saturated rings. The van der Waals surface area contributed by atoms with E-state index in [2.05, 4.69) is 5.32 Å². The van der Waals surface area contributed by atoms with Crippen LogP contribution in [0, 0.1) is 5.82 Å². The van der Waals surface area contributed by atoms with E-state index in [1.54, 1.807) is 79.3 Å². The SMILES string of the molecule is COc1ccc(/C(=C\c2ccc(F)cc2)C(=O)NCc2ccc(C(=O)NO)cc2)cc1. The molecule has 158 valence electrons. The molecule has 0 aromatic heterocycles. The molecule has 0 aliphatic carbocycles. The van der Waals surface area contributed by atoms with Crippen LogP contribution in [0.25, 0.3) is 11.6 Å². The first-order valence-corrected chi connectivity index (χ1v) is 9.43. The maximum atomic E-state index is 13.2. The van der Waals surface area contributed by atoms with Crippen LogP contribution in [0.15, 0.2) is 72.8 Å². The van der Waals surface area contributed by atoms with Crippen molar-refractivity contribution < 1.29 is 23.9 Å². The minimum Gasteiger partial charge on any atom is -0.497 e. The normalized spacial score (nSPS) is 11.0. The molecule has 0 saturated carbocycles. The summed E-state index contributed by atoms with van der Waals surface area (Å²) in [5.41, 5.74) is 4.41. The summed E-state index contributed by atoms with van der Waals surface area (Å²) in [7, 11) is 1.56. The molecule has 3 rings (SSSR count). The molecule has 3 aromatic carbocycles. The first kappa shape index (κ1) is 21.7. The maximum Gasteiger partial charge on any atom is 0.274 e. The smallest absolute Gasteiger partial charge is 0.274 e. The van der Waals surface area contributed by atoms with Crippen LogP contribution < -0.4 is 15.5 Å². The first-order valence-electron chi connectivity index (χ1n) is 9.43. The third-order valence-corrected chi connectivity index (χ3v) is 4.60. The molecule has 0 atom stereocenters. The molecule has 0 spiro atoms. The van der Waals surface area contributed by atoms with E-state index in [-0.39, 0.29) is 18.3 Å². The number of hydrogen-bond acceptors (Lipinski definition) is 4. The van der Waals surface area contributed by atoms with Crippen molar-refractivity contribution >= 4 is 23.5 Å². The zero-order valence-electron chi connectivity index (χ0n) is 16.8. The van der Waals surface area contributed by atoms with Gasteiger partial charge in [0.2, 0.25) is 0 Å². The molecule has 7 heteroatoms. The number of hydroxylamine groups is 1. The van der Waals surface area contributed by atoms with Gasteiger partial charge in [0.1, 0.15) is 11.6 Å². The van der Waals surface area contributed by atoms with Crippen molar-refractivity contribution in [1.82, 2.24) is 10.8 Å². The molecule has 31 heavy (non-hydrogen) atoms. The third-order valence-electron chi connectivity index (χ3n) is 4.60. The number of nitrogens with one attached hydrogen (secondary N) is 2. The number of carbonyl (C=O) groups is 2. The molecular weight excluding hydrogens is 399 g/mol. The second-order valence-electron chi connectivity index (χ2n) is 6.66. The van der Waals surface area contributed by atoms with Crippen molar-refractivity contribution in [3.05, 3.63) is 101 Å². The fraction of sp³-hybridized carbons (Fsp3) is 0.0833. The van der Waals surface area contributed by atoms with Gasteiger partial charge in [-0.25, -0.2) is 9.87 Å². The molecule has 0 saturated heterocycles. The third kappa shape index (κ3) is 5.77. The lowest BCUT2D eigenvalue weighted by molar-refractivity contribution is -0.115. The number of rotatable bonds is 7. The monoisotopic (exact) mass is 420 g/mol. The molecule has 6 nitrogen and oxygen atoms in total. The summed E-state index contributed by atoms with van der Waals surface area (Å²) >= 11 is 0. The van der Waals surface area contributed by atoms with Gasteiger partial charge in [-0.3, -0.25) is 14.8 Å². The number of ether oxygens (including phenoxy) is 1. The summed E-state index contributed by atoms with van der Waals surface area (Å²) in [6.07, 6.45) is 1.69. The van der Waals surface area contributed by atoms with E-state index < -0.39 is 5.91 Å². The van der Waals surface area contributed by atoms with Crippen LogP contribution in [-0.2, 0) is 11.3 Å². The van der Waals surface area contributed by atoms with Gasteiger partial charge in [0.15, 0.2) is 0 Å². The highest BCUT2D eigenvalue weighted by Crippen LogP contribution is 2.22. The summed E-state index contributed by atoms with van der Waals surface area (Å²) in [6.45, 7) is 0.233. The first-order chi connectivity index (χ1) is 15.0. The minimum absolute atomic E-state index is 0.233. The Morgan fingerprint density at radius 2 is 1.55 bits per heavy atom. The Bertz CT molecular complexity index is 1080. The van der Waals surface area contributed by atoms with Crippen LogP contribution in [0.3, 0.4) is 0 Å². The van der Waals surface area contributed by atoms with Crippen LogP contribution in [0.1, 0.15) is 27.0 Å². The molecule has 0 aliphatic heterocycles. The quantitative estimate of drug-likeness (QED) is 0.235.